The second-order valence-corrected chi connectivity index (χ2v) is 6.15. The highest BCUT2D eigenvalue weighted by Crippen LogP contribution is 2.28. The molecule has 1 saturated heterocycles. The van der Waals surface area contributed by atoms with Gasteiger partial charge in [-0.2, -0.15) is 0 Å². The molecule has 0 unspecified atom stereocenters. The van der Waals surface area contributed by atoms with Gasteiger partial charge in [-0.1, -0.05) is 18.2 Å². The molecule has 0 aliphatic carbocycles. The Balaban J connectivity index is 2.21. The number of morpholine rings is 1. The van der Waals surface area contributed by atoms with Gasteiger partial charge in [-0.25, -0.2) is 0 Å². The third-order valence-corrected chi connectivity index (χ3v) is 3.00. The molecule has 0 atom stereocenters. The molecular weight excluding hydrogens is 226 g/mol. The molecule has 0 N–H and O–H groups in total. The number of nitrogens with zero attached hydrogens (tertiary/aromatic N) is 1. The van der Waals surface area contributed by atoms with E-state index < -0.39 is 0 Å². The average Bonchev–Trinajstić information content (AvgIpc) is 2.25. The van der Waals surface area contributed by atoms with Crippen LogP contribution in [0.15, 0.2) is 30.3 Å². The minimum Gasteiger partial charge on any atom is -0.366 e. The first kappa shape index (κ1) is 13.1. The van der Waals surface area contributed by atoms with Crippen LogP contribution in [-0.4, -0.2) is 35.1 Å². The zero-order valence-corrected chi connectivity index (χ0v) is 11.6. The molecule has 1 aromatic carbocycles. The summed E-state index contributed by atoms with van der Waals surface area (Å²) < 4.78 is 5.98. The average molecular weight is 247 g/mol. The van der Waals surface area contributed by atoms with E-state index in [1.165, 1.54) is 0 Å². The molecule has 1 aliphatic heterocycles. The minimum atomic E-state index is -0.299. The molecule has 2 rings (SSSR count). The molecule has 1 aromatic rings. The predicted molar refractivity (Wildman–Crippen MR) is 71.6 cm³/mol. The first-order valence-electron chi connectivity index (χ1n) is 6.34. The minimum absolute atomic E-state index is 0.0834. The van der Waals surface area contributed by atoms with Crippen LogP contribution in [0.3, 0.4) is 0 Å². The lowest BCUT2D eigenvalue weighted by molar-refractivity contribution is -0.171. The number of carbonyl (C=O) groups is 1. The second kappa shape index (κ2) is 4.39. The third-order valence-electron chi connectivity index (χ3n) is 3.00. The van der Waals surface area contributed by atoms with Gasteiger partial charge in [0.15, 0.2) is 0 Å². The third kappa shape index (κ3) is 2.91. The van der Waals surface area contributed by atoms with Crippen LogP contribution in [0.2, 0.25) is 0 Å². The molecule has 1 heterocycles. The number of rotatable bonds is 1. The molecule has 3 heteroatoms. The predicted octanol–water partition coefficient (Wildman–Crippen LogP) is 2.72. The lowest BCUT2D eigenvalue weighted by Crippen LogP contribution is -2.58. The van der Waals surface area contributed by atoms with Gasteiger partial charge in [-0.15, -0.1) is 0 Å². The Morgan fingerprint density at radius 1 is 1.06 bits per heavy atom. The van der Waals surface area contributed by atoms with Gasteiger partial charge in [0.2, 0.25) is 0 Å². The first-order valence-corrected chi connectivity index (χ1v) is 6.34. The summed E-state index contributed by atoms with van der Waals surface area (Å²) in [6, 6.07) is 9.42. The van der Waals surface area contributed by atoms with Crippen molar-refractivity contribution in [2.24, 2.45) is 0 Å². The molecule has 98 valence electrons. The molecule has 1 fully saturated rings. The van der Waals surface area contributed by atoms with Crippen LogP contribution < -0.4 is 0 Å². The molecule has 0 saturated carbocycles. The topological polar surface area (TPSA) is 29.5 Å². The molecule has 0 aromatic heterocycles. The summed E-state index contributed by atoms with van der Waals surface area (Å²) in [6.07, 6.45) is 0. The van der Waals surface area contributed by atoms with Gasteiger partial charge in [0.05, 0.1) is 11.2 Å². The fourth-order valence-corrected chi connectivity index (χ4v) is 2.69. The van der Waals surface area contributed by atoms with Crippen LogP contribution in [0.4, 0.5) is 0 Å². The summed E-state index contributed by atoms with van der Waals surface area (Å²) in [6.45, 7) is 9.37. The standard InChI is InChI=1S/C15H21NO2/c1-14(2)10-16(11-15(3,4)18-14)13(17)12-8-6-5-7-9-12/h5-9H,10-11H2,1-4H3. The number of amides is 1. The van der Waals surface area contributed by atoms with Gasteiger partial charge in [0.1, 0.15) is 0 Å². The highest BCUT2D eigenvalue weighted by molar-refractivity contribution is 5.94. The zero-order valence-electron chi connectivity index (χ0n) is 11.6. The van der Waals surface area contributed by atoms with Gasteiger partial charge >= 0.3 is 0 Å². The van der Waals surface area contributed by atoms with Gasteiger partial charge in [0.25, 0.3) is 5.91 Å². The largest absolute Gasteiger partial charge is 0.366 e. The van der Waals surface area contributed by atoms with Crippen molar-refractivity contribution < 1.29 is 9.53 Å². The molecule has 3 nitrogen and oxygen atoms in total. The van der Waals surface area contributed by atoms with E-state index in [9.17, 15) is 4.79 Å². The lowest BCUT2D eigenvalue weighted by atomic mass is 9.98. The number of ether oxygens (including phenoxy) is 1. The summed E-state index contributed by atoms with van der Waals surface area (Å²) in [5, 5.41) is 0. The maximum atomic E-state index is 12.4. The van der Waals surface area contributed by atoms with E-state index >= 15 is 0 Å². The van der Waals surface area contributed by atoms with Gasteiger partial charge in [-0.3, -0.25) is 4.79 Å². The van der Waals surface area contributed by atoms with E-state index in [0.29, 0.717) is 13.1 Å². The van der Waals surface area contributed by atoms with Crippen molar-refractivity contribution in [3.63, 3.8) is 0 Å². The van der Waals surface area contributed by atoms with Crippen LogP contribution in [-0.2, 0) is 4.74 Å². The summed E-state index contributed by atoms with van der Waals surface area (Å²) in [5.41, 5.74) is 0.143. The van der Waals surface area contributed by atoms with Crippen LogP contribution in [0.5, 0.6) is 0 Å². The Hall–Kier alpha value is -1.35. The monoisotopic (exact) mass is 247 g/mol. The maximum absolute atomic E-state index is 12.4. The fraction of sp³-hybridized carbons (Fsp3) is 0.533. The SMILES string of the molecule is CC1(C)CN(C(=O)c2ccccc2)CC(C)(C)O1. The van der Waals surface area contributed by atoms with Crippen molar-refractivity contribution >= 4 is 5.91 Å². The fourth-order valence-electron chi connectivity index (χ4n) is 2.69. The molecule has 1 aliphatic rings. The van der Waals surface area contributed by atoms with E-state index in [4.69, 9.17) is 4.74 Å². The molecule has 0 spiro atoms. The Morgan fingerprint density at radius 3 is 2.06 bits per heavy atom. The van der Waals surface area contributed by atoms with Crippen molar-refractivity contribution in [3.05, 3.63) is 35.9 Å². The Morgan fingerprint density at radius 2 is 1.56 bits per heavy atom. The maximum Gasteiger partial charge on any atom is 0.254 e. The Labute approximate surface area is 109 Å². The normalized spacial score (nSPS) is 21.7. The highest BCUT2D eigenvalue weighted by Gasteiger charge is 2.40. The van der Waals surface area contributed by atoms with E-state index in [-0.39, 0.29) is 17.1 Å². The lowest BCUT2D eigenvalue weighted by Gasteiger charge is -2.47. The summed E-state index contributed by atoms with van der Waals surface area (Å²) in [4.78, 5) is 14.3. The Kier molecular flexibility index (Phi) is 3.20. The zero-order chi connectivity index (χ0) is 13.4. The number of hydrogen-bond donors (Lipinski definition) is 0. The van der Waals surface area contributed by atoms with E-state index in [1.807, 2.05) is 62.9 Å². The van der Waals surface area contributed by atoms with E-state index in [2.05, 4.69) is 0 Å². The highest BCUT2D eigenvalue weighted by atomic mass is 16.5. The van der Waals surface area contributed by atoms with Crippen molar-refractivity contribution in [2.45, 2.75) is 38.9 Å². The molecule has 1 amide bonds. The summed E-state index contributed by atoms with van der Waals surface area (Å²) >= 11 is 0. The van der Waals surface area contributed by atoms with Crippen molar-refractivity contribution in [2.75, 3.05) is 13.1 Å². The number of carbonyl (C=O) groups excluding carboxylic acids is 1. The van der Waals surface area contributed by atoms with E-state index in [1.54, 1.807) is 0 Å². The van der Waals surface area contributed by atoms with Crippen LogP contribution in [0, 0.1) is 0 Å². The van der Waals surface area contributed by atoms with Crippen molar-refractivity contribution in [1.82, 2.24) is 4.90 Å². The summed E-state index contributed by atoms with van der Waals surface area (Å²) in [5.74, 6) is 0.0834. The smallest absolute Gasteiger partial charge is 0.254 e. The quantitative estimate of drug-likeness (QED) is 0.763. The first-order chi connectivity index (χ1) is 8.29. The molecule has 0 bridgehead atoms. The van der Waals surface area contributed by atoms with Crippen LogP contribution >= 0.6 is 0 Å². The molecular formula is C15H21NO2. The van der Waals surface area contributed by atoms with E-state index in [0.717, 1.165) is 5.56 Å². The molecule has 0 radical (unpaired) electrons. The number of benzene rings is 1. The van der Waals surface area contributed by atoms with Gasteiger partial charge in [0, 0.05) is 18.7 Å². The number of hydrogen-bond acceptors (Lipinski definition) is 2. The van der Waals surface area contributed by atoms with Crippen molar-refractivity contribution in [1.29, 1.82) is 0 Å². The second-order valence-electron chi connectivity index (χ2n) is 6.15. The van der Waals surface area contributed by atoms with Crippen molar-refractivity contribution in [3.8, 4) is 0 Å². The van der Waals surface area contributed by atoms with Gasteiger partial charge in [-0.05, 0) is 39.8 Å². The van der Waals surface area contributed by atoms with Crippen LogP contribution in [0.1, 0.15) is 38.1 Å². The molecule has 18 heavy (non-hydrogen) atoms. The van der Waals surface area contributed by atoms with Gasteiger partial charge < -0.3 is 9.64 Å². The Bertz CT molecular complexity index is 421. The summed E-state index contributed by atoms with van der Waals surface area (Å²) in [7, 11) is 0. The van der Waals surface area contributed by atoms with Crippen LogP contribution in [0.25, 0.3) is 0 Å².